The first-order valence-corrected chi connectivity index (χ1v) is 8.16. The zero-order chi connectivity index (χ0) is 17.1. The van der Waals surface area contributed by atoms with Crippen molar-refractivity contribution in [2.45, 2.75) is 33.9 Å². The summed E-state index contributed by atoms with van der Waals surface area (Å²) in [7, 11) is 0. The average molecular weight is 349 g/mol. The zero-order valence-corrected chi connectivity index (χ0v) is 14.9. The van der Waals surface area contributed by atoms with Crippen molar-refractivity contribution in [3.63, 3.8) is 0 Å². The first-order valence-electron chi connectivity index (χ1n) is 7.35. The summed E-state index contributed by atoms with van der Waals surface area (Å²) in [6.07, 6.45) is 0. The molecule has 23 heavy (non-hydrogen) atoms. The number of anilines is 1. The van der Waals surface area contributed by atoms with Gasteiger partial charge in [0.25, 0.3) is 5.56 Å². The molecule has 0 bridgehead atoms. The fourth-order valence-electron chi connectivity index (χ4n) is 2.28. The molecule has 1 aromatic heterocycles. The van der Waals surface area contributed by atoms with Gasteiger partial charge < -0.3 is 10.4 Å². The van der Waals surface area contributed by atoms with E-state index in [0.29, 0.717) is 17.9 Å². The van der Waals surface area contributed by atoms with E-state index in [1.807, 2.05) is 45.0 Å². The summed E-state index contributed by atoms with van der Waals surface area (Å²) in [5.41, 5.74) is 1.56. The molecule has 0 radical (unpaired) electrons. The molecule has 0 aliphatic rings. The molecule has 1 heterocycles. The Balaban J connectivity index is 2.54. The molecule has 5 nitrogen and oxygen atoms in total. The van der Waals surface area contributed by atoms with E-state index < -0.39 is 0 Å². The second-order valence-electron chi connectivity index (χ2n) is 5.10. The van der Waals surface area contributed by atoms with Crippen LogP contribution in [0.15, 0.2) is 29.1 Å². The predicted molar refractivity (Wildman–Crippen MR) is 99.0 cm³/mol. The van der Waals surface area contributed by atoms with Gasteiger partial charge in [0, 0.05) is 18.8 Å². The van der Waals surface area contributed by atoms with Gasteiger partial charge in [-0.25, -0.2) is 0 Å². The van der Waals surface area contributed by atoms with E-state index in [2.05, 4.69) is 5.32 Å². The van der Waals surface area contributed by atoms with Crippen molar-refractivity contribution in [1.29, 1.82) is 0 Å². The van der Waals surface area contributed by atoms with Gasteiger partial charge in [0.05, 0.1) is 0 Å². The molecule has 0 atom stereocenters. The first-order chi connectivity index (χ1) is 10.9. The fourth-order valence-corrected chi connectivity index (χ4v) is 3.01. The Morgan fingerprint density at radius 3 is 2.26 bits per heavy atom. The van der Waals surface area contributed by atoms with Crippen LogP contribution in [0, 0.1) is 11.7 Å². The number of nitrogens with one attached hydrogen (secondary N) is 1. The maximum absolute atomic E-state index is 12.6. The van der Waals surface area contributed by atoms with Gasteiger partial charge in [-0.1, -0.05) is 29.9 Å². The highest BCUT2D eigenvalue weighted by Crippen LogP contribution is 2.18. The number of benzene rings is 1. The van der Waals surface area contributed by atoms with Gasteiger partial charge >= 0.3 is 0 Å². The molecule has 2 aromatic rings. The Bertz CT molecular complexity index is 851. The maximum atomic E-state index is 12.6. The van der Waals surface area contributed by atoms with E-state index >= 15 is 0 Å². The lowest BCUT2D eigenvalue weighted by atomic mass is 10.2. The van der Waals surface area contributed by atoms with E-state index in [-0.39, 0.29) is 22.0 Å². The third-order valence-electron chi connectivity index (χ3n) is 3.57. The average Bonchev–Trinajstić information content (AvgIpc) is 2.50. The Morgan fingerprint density at radius 2 is 1.74 bits per heavy atom. The van der Waals surface area contributed by atoms with E-state index in [4.69, 9.17) is 24.4 Å². The van der Waals surface area contributed by atoms with Crippen LogP contribution in [0.2, 0.25) is 0 Å². The molecule has 0 saturated carbocycles. The van der Waals surface area contributed by atoms with Gasteiger partial charge in [-0.3, -0.25) is 13.9 Å². The van der Waals surface area contributed by atoms with Gasteiger partial charge in [0.2, 0.25) is 5.88 Å². The van der Waals surface area contributed by atoms with Crippen LogP contribution in [0.4, 0.5) is 5.69 Å². The van der Waals surface area contributed by atoms with Crippen molar-refractivity contribution in [1.82, 2.24) is 9.13 Å². The predicted octanol–water partition coefficient (Wildman–Crippen LogP) is 3.22. The maximum Gasteiger partial charge on any atom is 0.268 e. The Labute approximate surface area is 145 Å². The molecule has 0 amide bonds. The van der Waals surface area contributed by atoms with Crippen molar-refractivity contribution in [2.75, 3.05) is 5.32 Å². The van der Waals surface area contributed by atoms with Gasteiger partial charge in [0.15, 0.2) is 4.77 Å². The van der Waals surface area contributed by atoms with Crippen molar-refractivity contribution < 1.29 is 5.11 Å². The summed E-state index contributed by atoms with van der Waals surface area (Å²) in [4.78, 5) is 12.8. The minimum absolute atomic E-state index is 0.0675. The lowest BCUT2D eigenvalue weighted by molar-refractivity contribution is 0.399. The molecule has 0 aliphatic heterocycles. The van der Waals surface area contributed by atoms with E-state index in [1.165, 1.54) is 9.13 Å². The molecule has 1 aromatic carbocycles. The van der Waals surface area contributed by atoms with Crippen molar-refractivity contribution in [3.8, 4) is 5.88 Å². The van der Waals surface area contributed by atoms with Gasteiger partial charge in [-0.2, -0.15) is 0 Å². The topological polar surface area (TPSA) is 59.2 Å². The Morgan fingerprint density at radius 1 is 1.17 bits per heavy atom. The van der Waals surface area contributed by atoms with Gasteiger partial charge in [-0.15, -0.1) is 0 Å². The number of nitrogens with zero attached hydrogens (tertiary/aromatic N) is 2. The molecule has 0 saturated heterocycles. The van der Waals surface area contributed by atoms with E-state index in [1.54, 1.807) is 0 Å². The quantitative estimate of drug-likeness (QED) is 0.830. The smallest absolute Gasteiger partial charge is 0.268 e. The molecular weight excluding hydrogens is 330 g/mol. The fraction of sp³-hybridized carbons (Fsp3) is 0.312. The second kappa shape index (κ2) is 7.06. The zero-order valence-electron chi connectivity index (χ0n) is 13.3. The number of aromatic nitrogens is 2. The summed E-state index contributed by atoms with van der Waals surface area (Å²) in [5.74, 6) is -0.197. The van der Waals surface area contributed by atoms with Crippen LogP contribution >= 0.6 is 24.4 Å². The summed E-state index contributed by atoms with van der Waals surface area (Å²) in [6.45, 7) is 6.53. The van der Waals surface area contributed by atoms with Crippen molar-refractivity contribution in [3.05, 3.63) is 50.5 Å². The highest BCUT2D eigenvalue weighted by molar-refractivity contribution is 7.81. The lowest BCUT2D eigenvalue weighted by Gasteiger charge is -2.16. The monoisotopic (exact) mass is 349 g/mol. The molecule has 0 fully saturated rings. The SMILES string of the molecule is CCn1c(O)c(C(=S)Nc2ccc(C)cc2)c(=O)n(CC)c1=S. The summed E-state index contributed by atoms with van der Waals surface area (Å²) >= 11 is 10.6. The van der Waals surface area contributed by atoms with Crippen LogP contribution in [-0.4, -0.2) is 19.2 Å². The summed E-state index contributed by atoms with van der Waals surface area (Å²) in [6, 6.07) is 7.61. The van der Waals surface area contributed by atoms with Crippen molar-refractivity contribution >= 4 is 35.1 Å². The Kier molecular flexibility index (Phi) is 5.33. The minimum Gasteiger partial charge on any atom is -0.494 e. The van der Waals surface area contributed by atoms with Crippen LogP contribution < -0.4 is 10.9 Å². The number of thiocarbonyl (C=S) groups is 1. The molecule has 0 unspecified atom stereocenters. The minimum atomic E-state index is -0.385. The summed E-state index contributed by atoms with van der Waals surface area (Å²) in [5, 5.41) is 13.4. The van der Waals surface area contributed by atoms with Crippen LogP contribution in [0.5, 0.6) is 5.88 Å². The number of aromatic hydroxyl groups is 1. The number of hydrogen-bond acceptors (Lipinski definition) is 4. The van der Waals surface area contributed by atoms with Gasteiger partial charge in [-0.05, 0) is 45.1 Å². The first kappa shape index (κ1) is 17.4. The Hall–Kier alpha value is -1.99. The van der Waals surface area contributed by atoms with Gasteiger partial charge in [0.1, 0.15) is 10.6 Å². The molecule has 2 N–H and O–H groups in total. The largest absolute Gasteiger partial charge is 0.494 e. The molecule has 2 rings (SSSR count). The van der Waals surface area contributed by atoms with Crippen LogP contribution in [0.25, 0.3) is 0 Å². The van der Waals surface area contributed by atoms with Crippen LogP contribution in [0.1, 0.15) is 25.0 Å². The summed E-state index contributed by atoms with van der Waals surface area (Å²) < 4.78 is 3.22. The molecule has 0 spiro atoms. The molecule has 0 aliphatic carbocycles. The molecule has 7 heteroatoms. The van der Waals surface area contributed by atoms with Crippen LogP contribution in [-0.2, 0) is 13.1 Å². The standard InChI is InChI=1S/C16H19N3O2S2/c1-4-18-14(20)12(15(21)19(5-2)16(18)23)13(22)17-11-8-6-10(3)7-9-11/h6-9,20H,4-5H2,1-3H3,(H,17,22). The second-order valence-corrected chi connectivity index (χ2v) is 5.87. The molecule has 122 valence electrons. The molecular formula is C16H19N3O2S2. The van der Waals surface area contributed by atoms with Crippen LogP contribution in [0.3, 0.4) is 0 Å². The third-order valence-corrected chi connectivity index (χ3v) is 4.32. The van der Waals surface area contributed by atoms with E-state index in [0.717, 1.165) is 11.3 Å². The number of aryl methyl sites for hydroxylation is 1. The lowest BCUT2D eigenvalue weighted by Crippen LogP contribution is -2.32. The highest BCUT2D eigenvalue weighted by atomic mass is 32.1. The number of hydrogen-bond donors (Lipinski definition) is 2. The normalized spacial score (nSPS) is 10.6. The third kappa shape index (κ3) is 3.35. The van der Waals surface area contributed by atoms with E-state index in [9.17, 15) is 9.90 Å². The highest BCUT2D eigenvalue weighted by Gasteiger charge is 2.19. The van der Waals surface area contributed by atoms with Crippen molar-refractivity contribution in [2.24, 2.45) is 0 Å². The number of rotatable bonds is 4.